The maximum absolute atomic E-state index is 12.1. The minimum Gasteiger partial charge on any atom is -0.465 e. The van der Waals surface area contributed by atoms with Crippen molar-refractivity contribution in [2.45, 2.75) is 13.8 Å². The molecule has 10 nitrogen and oxygen atoms in total. The van der Waals surface area contributed by atoms with Gasteiger partial charge in [0.1, 0.15) is 12.6 Å². The van der Waals surface area contributed by atoms with Crippen molar-refractivity contribution >= 4 is 34.7 Å². The molecule has 2 aromatic carbocycles. The van der Waals surface area contributed by atoms with Crippen molar-refractivity contribution in [2.24, 2.45) is 5.16 Å². The summed E-state index contributed by atoms with van der Waals surface area (Å²) in [5.41, 5.74) is 1.35. The number of nitro benzene ring substituents is 1. The Labute approximate surface area is 172 Å². The van der Waals surface area contributed by atoms with Gasteiger partial charge >= 0.3 is 11.9 Å². The fourth-order valence-electron chi connectivity index (χ4n) is 2.47. The summed E-state index contributed by atoms with van der Waals surface area (Å²) in [7, 11) is 0. The molecule has 0 aliphatic carbocycles. The van der Waals surface area contributed by atoms with Crippen molar-refractivity contribution in [2.75, 3.05) is 18.1 Å². The van der Waals surface area contributed by atoms with Gasteiger partial charge in [0.05, 0.1) is 11.5 Å². The number of non-ortho nitro benzene ring substituents is 1. The molecule has 0 amide bonds. The average Bonchev–Trinajstić information content (AvgIpc) is 2.73. The number of esters is 1. The normalized spacial score (nSPS) is 10.6. The standard InChI is InChI=1S/C20H18N4O6/c1-3-29-20(26)13-23(17-8-10-18(11-9-17)24(27)28)16-6-4-15(5-7-16)19(12-21)22-30-14(2)25/h4-11H,3,13H2,1-2H3. The van der Waals surface area contributed by atoms with Crippen LogP contribution in [0.3, 0.4) is 0 Å². The van der Waals surface area contributed by atoms with Crippen molar-refractivity contribution < 1.29 is 24.1 Å². The first-order chi connectivity index (χ1) is 14.3. The van der Waals surface area contributed by atoms with Crippen molar-refractivity contribution in [3.63, 3.8) is 0 Å². The van der Waals surface area contributed by atoms with Crippen LogP contribution in [0.1, 0.15) is 19.4 Å². The highest BCUT2D eigenvalue weighted by atomic mass is 16.7. The number of nitriles is 1. The van der Waals surface area contributed by atoms with Gasteiger partial charge in [0, 0.05) is 36.0 Å². The third kappa shape index (κ3) is 5.87. The number of benzene rings is 2. The third-order valence-electron chi connectivity index (χ3n) is 3.79. The average molecular weight is 410 g/mol. The fraction of sp³-hybridized carbons (Fsp3) is 0.200. The van der Waals surface area contributed by atoms with Gasteiger partial charge in [-0.05, 0) is 43.3 Å². The number of oxime groups is 1. The van der Waals surface area contributed by atoms with Crippen LogP contribution in [-0.2, 0) is 19.2 Å². The first-order valence-electron chi connectivity index (χ1n) is 8.79. The summed E-state index contributed by atoms with van der Waals surface area (Å²) < 4.78 is 5.01. The lowest BCUT2D eigenvalue weighted by Crippen LogP contribution is -2.26. The molecule has 10 heteroatoms. The number of hydrogen-bond acceptors (Lipinski definition) is 9. The number of hydrogen-bond donors (Lipinski definition) is 0. The molecule has 0 fully saturated rings. The Hall–Kier alpha value is -4.26. The SMILES string of the molecule is CCOC(=O)CN(c1ccc(C(C#N)=NOC(C)=O)cc1)c1ccc([N+](=O)[O-])cc1. The largest absolute Gasteiger partial charge is 0.465 e. The molecule has 0 spiro atoms. The molecule has 0 unspecified atom stereocenters. The fourth-order valence-corrected chi connectivity index (χ4v) is 2.47. The Balaban J connectivity index is 2.37. The molecule has 0 N–H and O–H groups in total. The maximum atomic E-state index is 12.1. The van der Waals surface area contributed by atoms with Crippen LogP contribution in [0.25, 0.3) is 0 Å². The van der Waals surface area contributed by atoms with Crippen molar-refractivity contribution in [3.05, 3.63) is 64.2 Å². The van der Waals surface area contributed by atoms with E-state index in [2.05, 4.69) is 9.99 Å². The Morgan fingerprint density at radius 3 is 2.17 bits per heavy atom. The molecule has 0 aromatic heterocycles. The summed E-state index contributed by atoms with van der Waals surface area (Å²) in [5, 5.41) is 23.6. The van der Waals surface area contributed by atoms with Gasteiger partial charge in [0.15, 0.2) is 5.71 Å². The molecule has 154 valence electrons. The molecular formula is C20H18N4O6. The van der Waals surface area contributed by atoms with Crippen molar-refractivity contribution in [1.82, 2.24) is 0 Å². The van der Waals surface area contributed by atoms with E-state index in [1.54, 1.807) is 36.1 Å². The highest BCUT2D eigenvalue weighted by Gasteiger charge is 2.17. The summed E-state index contributed by atoms with van der Waals surface area (Å²) in [4.78, 5) is 39.4. The second kappa shape index (κ2) is 10.3. The zero-order chi connectivity index (χ0) is 22.1. The van der Waals surface area contributed by atoms with Gasteiger partial charge in [-0.3, -0.25) is 14.9 Å². The van der Waals surface area contributed by atoms with E-state index in [1.165, 1.54) is 31.2 Å². The van der Waals surface area contributed by atoms with E-state index in [0.717, 1.165) is 0 Å². The predicted octanol–water partition coefficient (Wildman–Crippen LogP) is 3.09. The van der Waals surface area contributed by atoms with E-state index in [0.29, 0.717) is 16.9 Å². The number of nitrogens with zero attached hydrogens (tertiary/aromatic N) is 4. The highest BCUT2D eigenvalue weighted by Crippen LogP contribution is 2.27. The molecule has 2 aromatic rings. The smallest absolute Gasteiger partial charge is 0.332 e. The van der Waals surface area contributed by atoms with Crippen molar-refractivity contribution in [3.8, 4) is 6.07 Å². The second-order valence-electron chi connectivity index (χ2n) is 5.85. The molecular weight excluding hydrogens is 392 g/mol. The summed E-state index contributed by atoms with van der Waals surface area (Å²) in [6.07, 6.45) is 0. The van der Waals surface area contributed by atoms with E-state index in [-0.39, 0.29) is 24.6 Å². The Kier molecular flexibility index (Phi) is 7.59. The minimum atomic E-state index is -0.654. The van der Waals surface area contributed by atoms with Gasteiger partial charge in [-0.25, -0.2) is 4.79 Å². The minimum absolute atomic E-state index is 0.0782. The van der Waals surface area contributed by atoms with Gasteiger partial charge in [0.2, 0.25) is 0 Å². The van der Waals surface area contributed by atoms with Crippen LogP contribution in [0.4, 0.5) is 17.1 Å². The van der Waals surface area contributed by atoms with Crippen LogP contribution in [0.2, 0.25) is 0 Å². The topological polar surface area (TPSA) is 135 Å². The lowest BCUT2D eigenvalue weighted by Gasteiger charge is -2.24. The van der Waals surface area contributed by atoms with Crippen LogP contribution in [-0.4, -0.2) is 35.7 Å². The number of nitro groups is 1. The van der Waals surface area contributed by atoms with Crippen LogP contribution >= 0.6 is 0 Å². The zero-order valence-corrected chi connectivity index (χ0v) is 16.3. The first-order valence-corrected chi connectivity index (χ1v) is 8.79. The molecule has 0 saturated carbocycles. The van der Waals surface area contributed by atoms with E-state index in [1.807, 2.05) is 6.07 Å². The van der Waals surface area contributed by atoms with E-state index < -0.39 is 16.9 Å². The van der Waals surface area contributed by atoms with Gasteiger partial charge in [-0.1, -0.05) is 5.16 Å². The van der Waals surface area contributed by atoms with Crippen LogP contribution in [0.5, 0.6) is 0 Å². The maximum Gasteiger partial charge on any atom is 0.332 e. The lowest BCUT2D eigenvalue weighted by atomic mass is 10.1. The summed E-state index contributed by atoms with van der Waals surface area (Å²) >= 11 is 0. The number of carbonyl (C=O) groups excluding carboxylic acids is 2. The molecule has 0 bridgehead atoms. The molecule has 0 aliphatic heterocycles. The van der Waals surface area contributed by atoms with E-state index >= 15 is 0 Å². The molecule has 0 saturated heterocycles. The summed E-state index contributed by atoms with van der Waals surface area (Å²) in [6.45, 7) is 2.94. The monoisotopic (exact) mass is 410 g/mol. The van der Waals surface area contributed by atoms with Gasteiger partial charge < -0.3 is 14.5 Å². The molecule has 0 atom stereocenters. The first kappa shape index (κ1) is 22.0. The Morgan fingerprint density at radius 2 is 1.70 bits per heavy atom. The quantitative estimate of drug-likeness (QED) is 0.213. The predicted molar refractivity (Wildman–Crippen MR) is 107 cm³/mol. The van der Waals surface area contributed by atoms with Crippen molar-refractivity contribution in [1.29, 1.82) is 5.26 Å². The molecule has 0 heterocycles. The number of anilines is 2. The summed E-state index contributed by atoms with van der Waals surface area (Å²) in [5.74, 6) is -1.13. The second-order valence-corrected chi connectivity index (χ2v) is 5.85. The van der Waals surface area contributed by atoms with Gasteiger partial charge in [0.25, 0.3) is 5.69 Å². The van der Waals surface area contributed by atoms with Crippen LogP contribution in [0, 0.1) is 21.4 Å². The Morgan fingerprint density at radius 1 is 1.13 bits per heavy atom. The highest BCUT2D eigenvalue weighted by molar-refractivity contribution is 6.11. The summed E-state index contributed by atoms with van der Waals surface area (Å²) in [6, 6.07) is 14.0. The van der Waals surface area contributed by atoms with E-state index in [9.17, 15) is 25.0 Å². The van der Waals surface area contributed by atoms with Crippen LogP contribution in [0.15, 0.2) is 53.7 Å². The Bertz CT molecular complexity index is 993. The van der Waals surface area contributed by atoms with Gasteiger partial charge in [-0.15, -0.1) is 0 Å². The third-order valence-corrected chi connectivity index (χ3v) is 3.79. The zero-order valence-electron chi connectivity index (χ0n) is 16.3. The molecule has 2 rings (SSSR count). The lowest BCUT2D eigenvalue weighted by molar-refractivity contribution is -0.384. The molecule has 30 heavy (non-hydrogen) atoms. The molecule has 0 radical (unpaired) electrons. The number of carbonyl (C=O) groups is 2. The number of ether oxygens (including phenoxy) is 1. The van der Waals surface area contributed by atoms with Crippen LogP contribution < -0.4 is 4.90 Å². The number of rotatable bonds is 8. The molecule has 0 aliphatic rings. The van der Waals surface area contributed by atoms with E-state index in [4.69, 9.17) is 4.74 Å². The van der Waals surface area contributed by atoms with Gasteiger partial charge in [-0.2, -0.15) is 5.26 Å².